The maximum Gasteiger partial charge on any atom is 0.251 e. The fourth-order valence-electron chi connectivity index (χ4n) is 3.31. The zero-order valence-corrected chi connectivity index (χ0v) is 15.5. The first kappa shape index (κ1) is 16.2. The van der Waals surface area contributed by atoms with Crippen LogP contribution in [0.25, 0.3) is 10.9 Å². The molecule has 0 radical (unpaired) electrons. The first-order valence-electron chi connectivity index (χ1n) is 8.31. The molecule has 1 amide bonds. The van der Waals surface area contributed by atoms with Gasteiger partial charge in [0.05, 0.1) is 7.11 Å². The molecule has 5 heteroatoms. The monoisotopic (exact) mass is 398 g/mol. The fourth-order valence-corrected chi connectivity index (χ4v) is 3.57. The van der Waals surface area contributed by atoms with E-state index in [0.717, 1.165) is 28.6 Å². The second kappa shape index (κ2) is 6.23. The van der Waals surface area contributed by atoms with Crippen molar-refractivity contribution < 1.29 is 9.53 Å². The number of hydrogen-bond donors (Lipinski definition) is 2. The molecule has 0 saturated heterocycles. The van der Waals surface area contributed by atoms with Crippen molar-refractivity contribution in [3.05, 3.63) is 64.3 Å². The van der Waals surface area contributed by atoms with Crippen molar-refractivity contribution in [3.63, 3.8) is 0 Å². The molecule has 128 valence electrons. The summed E-state index contributed by atoms with van der Waals surface area (Å²) < 4.78 is 6.33. The number of aromatic amines is 1. The number of rotatable bonds is 5. The number of aromatic nitrogens is 1. The summed E-state index contributed by atoms with van der Waals surface area (Å²) in [6, 6.07) is 13.5. The number of hydrogen-bond acceptors (Lipinski definition) is 2. The molecule has 1 fully saturated rings. The highest BCUT2D eigenvalue weighted by Gasteiger charge is 2.45. The molecule has 0 aliphatic heterocycles. The van der Waals surface area contributed by atoms with Crippen LogP contribution < -0.4 is 10.1 Å². The van der Waals surface area contributed by atoms with E-state index in [9.17, 15) is 4.79 Å². The molecule has 2 aromatic carbocycles. The lowest BCUT2D eigenvalue weighted by Crippen LogP contribution is -2.32. The molecule has 0 bridgehead atoms. The van der Waals surface area contributed by atoms with Gasteiger partial charge in [0, 0.05) is 39.1 Å². The summed E-state index contributed by atoms with van der Waals surface area (Å²) in [5.74, 6) is 0.819. The van der Waals surface area contributed by atoms with Crippen LogP contribution in [0.15, 0.2) is 53.1 Å². The number of methoxy groups -OCH3 is 1. The van der Waals surface area contributed by atoms with Crippen LogP contribution in [0.3, 0.4) is 0 Å². The Morgan fingerprint density at radius 1 is 1.24 bits per heavy atom. The van der Waals surface area contributed by atoms with Gasteiger partial charge < -0.3 is 15.0 Å². The Morgan fingerprint density at radius 3 is 2.68 bits per heavy atom. The average Bonchev–Trinajstić information content (AvgIpc) is 3.30. The number of benzene rings is 2. The molecule has 2 N–H and O–H groups in total. The second-order valence-electron chi connectivity index (χ2n) is 6.58. The van der Waals surface area contributed by atoms with E-state index in [1.807, 2.05) is 36.4 Å². The standard InChI is InChI=1S/C20H19BrN2O2/c1-25-15-6-7-18-16(10-15)17(11-22-18)20(8-9-20)12-23-19(24)13-2-4-14(21)5-3-13/h2-7,10-11,22H,8-9,12H2,1H3,(H,23,24). The number of H-pyrrole nitrogens is 1. The quantitative estimate of drug-likeness (QED) is 0.668. The molecule has 25 heavy (non-hydrogen) atoms. The predicted octanol–water partition coefficient (Wildman–Crippen LogP) is 4.40. The molecule has 1 saturated carbocycles. The van der Waals surface area contributed by atoms with Crippen molar-refractivity contribution in [1.82, 2.24) is 10.3 Å². The molecule has 0 atom stereocenters. The van der Waals surface area contributed by atoms with E-state index >= 15 is 0 Å². The molecular weight excluding hydrogens is 380 g/mol. The molecule has 0 unspecified atom stereocenters. The van der Waals surface area contributed by atoms with Gasteiger partial charge in [-0.3, -0.25) is 4.79 Å². The number of nitrogens with one attached hydrogen (secondary N) is 2. The van der Waals surface area contributed by atoms with Gasteiger partial charge in [-0.25, -0.2) is 0 Å². The summed E-state index contributed by atoms with van der Waals surface area (Å²) >= 11 is 3.39. The molecule has 1 aliphatic carbocycles. The number of halogens is 1. The Labute approximate surface area is 154 Å². The lowest BCUT2D eigenvalue weighted by atomic mass is 9.95. The molecule has 4 rings (SSSR count). The molecule has 1 aromatic heterocycles. The lowest BCUT2D eigenvalue weighted by molar-refractivity contribution is 0.0949. The van der Waals surface area contributed by atoms with Crippen molar-refractivity contribution in [2.75, 3.05) is 13.7 Å². The highest BCUT2D eigenvalue weighted by molar-refractivity contribution is 9.10. The van der Waals surface area contributed by atoms with Crippen molar-refractivity contribution in [1.29, 1.82) is 0 Å². The van der Waals surface area contributed by atoms with Gasteiger partial charge in [0.2, 0.25) is 0 Å². The third kappa shape index (κ3) is 3.04. The van der Waals surface area contributed by atoms with Gasteiger partial charge in [-0.15, -0.1) is 0 Å². The van der Waals surface area contributed by atoms with Crippen LogP contribution in [0, 0.1) is 0 Å². The van der Waals surface area contributed by atoms with E-state index in [-0.39, 0.29) is 11.3 Å². The third-order valence-electron chi connectivity index (χ3n) is 5.01. The molecule has 0 spiro atoms. The van der Waals surface area contributed by atoms with E-state index in [0.29, 0.717) is 12.1 Å². The summed E-state index contributed by atoms with van der Waals surface area (Å²) in [7, 11) is 1.68. The van der Waals surface area contributed by atoms with Gasteiger partial charge in [0.1, 0.15) is 5.75 Å². The van der Waals surface area contributed by atoms with E-state index < -0.39 is 0 Å². The minimum absolute atomic E-state index is 0.0235. The molecule has 1 aliphatic rings. The van der Waals surface area contributed by atoms with Crippen LogP contribution >= 0.6 is 15.9 Å². The lowest BCUT2D eigenvalue weighted by Gasteiger charge is -2.16. The Hall–Kier alpha value is -2.27. The summed E-state index contributed by atoms with van der Waals surface area (Å²) in [4.78, 5) is 15.7. The molecular formula is C20H19BrN2O2. The fraction of sp³-hybridized carbons (Fsp3) is 0.250. The Morgan fingerprint density at radius 2 is 2.00 bits per heavy atom. The van der Waals surface area contributed by atoms with Crippen LogP contribution in [0.4, 0.5) is 0 Å². The van der Waals surface area contributed by atoms with Gasteiger partial charge in [0.25, 0.3) is 5.91 Å². The topological polar surface area (TPSA) is 54.1 Å². The van der Waals surface area contributed by atoms with E-state index in [2.05, 4.69) is 38.5 Å². The van der Waals surface area contributed by atoms with Crippen LogP contribution in [-0.4, -0.2) is 24.5 Å². The van der Waals surface area contributed by atoms with E-state index in [1.165, 1.54) is 10.9 Å². The zero-order valence-electron chi connectivity index (χ0n) is 13.9. The van der Waals surface area contributed by atoms with Crippen LogP contribution in [0.2, 0.25) is 0 Å². The van der Waals surface area contributed by atoms with Gasteiger partial charge in [-0.2, -0.15) is 0 Å². The van der Waals surface area contributed by atoms with Gasteiger partial charge >= 0.3 is 0 Å². The van der Waals surface area contributed by atoms with Crippen molar-refractivity contribution >= 4 is 32.7 Å². The highest BCUT2D eigenvalue weighted by Crippen LogP contribution is 2.50. The maximum absolute atomic E-state index is 12.4. The Balaban J connectivity index is 1.54. The largest absolute Gasteiger partial charge is 0.497 e. The van der Waals surface area contributed by atoms with E-state index in [4.69, 9.17) is 4.74 Å². The number of carbonyl (C=O) groups is 1. The van der Waals surface area contributed by atoms with Gasteiger partial charge in [-0.1, -0.05) is 15.9 Å². The maximum atomic E-state index is 12.4. The highest BCUT2D eigenvalue weighted by atomic mass is 79.9. The van der Waals surface area contributed by atoms with Crippen molar-refractivity contribution in [3.8, 4) is 5.75 Å². The smallest absolute Gasteiger partial charge is 0.251 e. The minimum atomic E-state index is -0.0313. The first-order chi connectivity index (χ1) is 12.1. The molecule has 4 nitrogen and oxygen atoms in total. The number of fused-ring (bicyclic) bond motifs is 1. The Bertz CT molecular complexity index is 927. The molecule has 3 aromatic rings. The number of amides is 1. The number of carbonyl (C=O) groups excluding carboxylic acids is 1. The summed E-state index contributed by atoms with van der Waals surface area (Å²) in [6.45, 7) is 0.645. The average molecular weight is 399 g/mol. The van der Waals surface area contributed by atoms with Crippen LogP contribution in [0.1, 0.15) is 28.8 Å². The minimum Gasteiger partial charge on any atom is -0.497 e. The van der Waals surface area contributed by atoms with Crippen molar-refractivity contribution in [2.45, 2.75) is 18.3 Å². The summed E-state index contributed by atoms with van der Waals surface area (Å²) in [5, 5.41) is 4.28. The Kier molecular flexibility index (Phi) is 4.04. The normalized spacial score (nSPS) is 15.1. The zero-order chi connectivity index (χ0) is 17.4. The SMILES string of the molecule is COc1ccc2[nH]cc(C3(CNC(=O)c4ccc(Br)cc4)CC3)c2c1. The van der Waals surface area contributed by atoms with Crippen molar-refractivity contribution in [2.24, 2.45) is 0 Å². The van der Waals surface area contributed by atoms with Gasteiger partial charge in [0.15, 0.2) is 0 Å². The summed E-state index contributed by atoms with van der Waals surface area (Å²) in [5.41, 5.74) is 3.06. The number of ether oxygens (including phenoxy) is 1. The first-order valence-corrected chi connectivity index (χ1v) is 9.10. The van der Waals surface area contributed by atoms with E-state index in [1.54, 1.807) is 7.11 Å². The van der Waals surface area contributed by atoms with Gasteiger partial charge in [-0.05, 0) is 60.9 Å². The van der Waals surface area contributed by atoms with Crippen LogP contribution in [-0.2, 0) is 5.41 Å². The predicted molar refractivity (Wildman–Crippen MR) is 102 cm³/mol. The summed E-state index contributed by atoms with van der Waals surface area (Å²) in [6.07, 6.45) is 4.23. The second-order valence-corrected chi connectivity index (χ2v) is 7.50. The third-order valence-corrected chi connectivity index (χ3v) is 5.54. The van der Waals surface area contributed by atoms with Crippen LogP contribution in [0.5, 0.6) is 5.75 Å². The molecule has 1 heterocycles.